The third kappa shape index (κ3) is 3.54. The highest BCUT2D eigenvalue weighted by molar-refractivity contribution is 5.95. The number of nitrogens with zero attached hydrogens (tertiary/aromatic N) is 2. The van der Waals surface area contributed by atoms with Crippen molar-refractivity contribution in [2.75, 3.05) is 4.90 Å². The minimum Gasteiger partial charge on any atom is -0.465 e. The number of hydrogen-bond donors (Lipinski definition) is 3. The topological polar surface area (TPSA) is 103 Å². The molecule has 0 bridgehead atoms. The van der Waals surface area contributed by atoms with E-state index in [1.54, 1.807) is 24.3 Å². The Morgan fingerprint density at radius 2 is 1.90 bits per heavy atom. The molecule has 21 heavy (non-hydrogen) atoms. The van der Waals surface area contributed by atoms with Gasteiger partial charge in [-0.15, -0.1) is 0 Å². The number of carboxylic acid groups (broad SMARTS) is 1. The molecule has 2 aromatic rings. The second-order valence-electron chi connectivity index (χ2n) is 4.20. The largest absolute Gasteiger partial charge is 0.465 e. The number of benzene rings is 1. The Bertz CT molecular complexity index is 646. The zero-order chi connectivity index (χ0) is 15.2. The maximum absolute atomic E-state index is 11.4. The quantitative estimate of drug-likeness (QED) is 0.588. The molecule has 7 heteroatoms. The predicted molar refractivity (Wildman–Crippen MR) is 74.1 cm³/mol. The summed E-state index contributed by atoms with van der Waals surface area (Å²) < 4.78 is 0. The van der Waals surface area contributed by atoms with Crippen LogP contribution >= 0.6 is 0 Å². The van der Waals surface area contributed by atoms with Gasteiger partial charge in [-0.1, -0.05) is 30.3 Å². The highest BCUT2D eigenvalue weighted by Gasteiger charge is 2.17. The Labute approximate surface area is 120 Å². The van der Waals surface area contributed by atoms with E-state index in [0.29, 0.717) is 0 Å². The highest BCUT2D eigenvalue weighted by atomic mass is 16.5. The van der Waals surface area contributed by atoms with Crippen LogP contribution in [0, 0.1) is 0 Å². The molecule has 0 aliphatic heterocycles. The molecular formula is C14H13N3O4. The first-order valence-electron chi connectivity index (χ1n) is 6.06. The normalized spacial score (nSPS) is 9.95. The van der Waals surface area contributed by atoms with Gasteiger partial charge in [0.2, 0.25) is 0 Å². The molecule has 2 rings (SSSR count). The summed E-state index contributed by atoms with van der Waals surface area (Å²) in [5.41, 5.74) is 2.40. The van der Waals surface area contributed by atoms with Gasteiger partial charge < -0.3 is 5.11 Å². The lowest BCUT2D eigenvalue weighted by Crippen LogP contribution is -2.30. The van der Waals surface area contributed by atoms with Crippen LogP contribution in [0.25, 0.3) is 0 Å². The van der Waals surface area contributed by atoms with Crippen LogP contribution < -0.4 is 10.4 Å². The molecule has 0 aliphatic carbocycles. The minimum absolute atomic E-state index is 0.104. The molecule has 1 heterocycles. The van der Waals surface area contributed by atoms with Crippen molar-refractivity contribution in [3.05, 3.63) is 59.8 Å². The van der Waals surface area contributed by atoms with Crippen molar-refractivity contribution in [3.63, 3.8) is 0 Å². The monoisotopic (exact) mass is 287 g/mol. The van der Waals surface area contributed by atoms with E-state index in [1.807, 2.05) is 6.07 Å². The van der Waals surface area contributed by atoms with Crippen LogP contribution in [0.3, 0.4) is 0 Å². The van der Waals surface area contributed by atoms with Gasteiger partial charge in [0, 0.05) is 11.8 Å². The van der Waals surface area contributed by atoms with Gasteiger partial charge in [0.15, 0.2) is 0 Å². The Hall–Kier alpha value is -2.93. The van der Waals surface area contributed by atoms with Gasteiger partial charge in [0.1, 0.15) is 5.82 Å². The molecule has 3 N–H and O–H groups in total. The van der Waals surface area contributed by atoms with Crippen LogP contribution in [0.15, 0.2) is 48.7 Å². The van der Waals surface area contributed by atoms with Gasteiger partial charge in [0.05, 0.1) is 6.54 Å². The second-order valence-corrected chi connectivity index (χ2v) is 4.20. The number of aromatic nitrogens is 1. The lowest BCUT2D eigenvalue weighted by Gasteiger charge is -2.18. The van der Waals surface area contributed by atoms with Crippen molar-refractivity contribution in [3.8, 4) is 0 Å². The van der Waals surface area contributed by atoms with E-state index in [2.05, 4.69) is 4.98 Å². The Morgan fingerprint density at radius 3 is 2.52 bits per heavy atom. The summed E-state index contributed by atoms with van der Waals surface area (Å²) in [6.45, 7) is 0.105. The summed E-state index contributed by atoms with van der Waals surface area (Å²) in [5, 5.41) is 17.9. The Kier molecular flexibility index (Phi) is 4.47. The number of hydroxylamine groups is 1. The van der Waals surface area contributed by atoms with Crippen molar-refractivity contribution in [1.82, 2.24) is 10.5 Å². The van der Waals surface area contributed by atoms with Crippen molar-refractivity contribution in [2.45, 2.75) is 6.54 Å². The maximum Gasteiger partial charge on any atom is 0.413 e. The zero-order valence-electron chi connectivity index (χ0n) is 10.9. The van der Waals surface area contributed by atoms with Gasteiger partial charge in [-0.3, -0.25) is 14.9 Å². The number of carbonyl (C=O) groups excluding carboxylic acids is 1. The molecule has 7 nitrogen and oxygen atoms in total. The molecule has 0 radical (unpaired) electrons. The molecule has 0 aliphatic rings. The van der Waals surface area contributed by atoms with Crippen LogP contribution in [-0.4, -0.2) is 27.3 Å². The van der Waals surface area contributed by atoms with Gasteiger partial charge >= 0.3 is 6.09 Å². The summed E-state index contributed by atoms with van der Waals surface area (Å²) in [5.74, 6) is -0.629. The average Bonchev–Trinajstić information content (AvgIpc) is 2.52. The van der Waals surface area contributed by atoms with Crippen molar-refractivity contribution in [2.24, 2.45) is 0 Å². The SMILES string of the molecule is O=C(NO)c1ccnc(N(Cc2ccccc2)C(=O)O)c1. The van der Waals surface area contributed by atoms with Crippen molar-refractivity contribution in [1.29, 1.82) is 0 Å². The third-order valence-electron chi connectivity index (χ3n) is 2.80. The number of carbonyl (C=O) groups is 2. The molecule has 0 saturated carbocycles. The summed E-state index contributed by atoms with van der Waals surface area (Å²) >= 11 is 0. The van der Waals surface area contributed by atoms with E-state index < -0.39 is 12.0 Å². The lowest BCUT2D eigenvalue weighted by molar-refractivity contribution is 0.0706. The number of pyridine rings is 1. The van der Waals surface area contributed by atoms with Gasteiger partial charge in [-0.05, 0) is 17.7 Å². The van der Waals surface area contributed by atoms with E-state index in [0.717, 1.165) is 10.5 Å². The Balaban J connectivity index is 2.30. The van der Waals surface area contributed by atoms with Crippen LogP contribution in [-0.2, 0) is 6.54 Å². The van der Waals surface area contributed by atoms with Crippen molar-refractivity contribution < 1.29 is 19.9 Å². The second kappa shape index (κ2) is 6.49. The van der Waals surface area contributed by atoms with Gasteiger partial charge in [0.25, 0.3) is 5.91 Å². The van der Waals surface area contributed by atoms with Crippen LogP contribution in [0.5, 0.6) is 0 Å². The van der Waals surface area contributed by atoms with E-state index in [1.165, 1.54) is 23.8 Å². The first-order chi connectivity index (χ1) is 10.1. The first-order valence-corrected chi connectivity index (χ1v) is 6.06. The number of hydrogen-bond acceptors (Lipinski definition) is 4. The summed E-state index contributed by atoms with van der Waals surface area (Å²) in [4.78, 5) is 27.7. The molecule has 0 spiro atoms. The average molecular weight is 287 g/mol. The molecule has 2 amide bonds. The number of rotatable bonds is 4. The summed E-state index contributed by atoms with van der Waals surface area (Å²) in [6, 6.07) is 11.7. The highest BCUT2D eigenvalue weighted by Crippen LogP contribution is 2.16. The maximum atomic E-state index is 11.4. The van der Waals surface area contributed by atoms with Gasteiger partial charge in [-0.2, -0.15) is 0 Å². The minimum atomic E-state index is -1.19. The molecule has 1 aromatic carbocycles. The van der Waals surface area contributed by atoms with Crippen LogP contribution in [0.1, 0.15) is 15.9 Å². The van der Waals surface area contributed by atoms with Crippen LogP contribution in [0.2, 0.25) is 0 Å². The smallest absolute Gasteiger partial charge is 0.413 e. The van der Waals surface area contributed by atoms with Crippen molar-refractivity contribution >= 4 is 17.8 Å². The van der Waals surface area contributed by atoms with E-state index in [-0.39, 0.29) is 17.9 Å². The zero-order valence-corrected chi connectivity index (χ0v) is 10.9. The first kappa shape index (κ1) is 14.5. The van der Waals surface area contributed by atoms with E-state index in [9.17, 15) is 14.7 Å². The standard InChI is InChI=1S/C14H13N3O4/c18-13(16-21)11-6-7-15-12(8-11)17(14(19)20)9-10-4-2-1-3-5-10/h1-8,21H,9H2,(H,16,18)(H,19,20). The van der Waals surface area contributed by atoms with Crippen LogP contribution in [0.4, 0.5) is 10.6 Å². The molecule has 1 aromatic heterocycles. The van der Waals surface area contributed by atoms with E-state index in [4.69, 9.17) is 5.21 Å². The lowest BCUT2D eigenvalue weighted by atomic mass is 10.2. The molecule has 0 unspecified atom stereocenters. The fourth-order valence-corrected chi connectivity index (χ4v) is 1.78. The fourth-order valence-electron chi connectivity index (χ4n) is 1.78. The number of amides is 2. The predicted octanol–water partition coefficient (Wildman–Crippen LogP) is 1.89. The van der Waals surface area contributed by atoms with E-state index >= 15 is 0 Å². The molecule has 0 atom stereocenters. The molecule has 0 fully saturated rings. The molecule has 108 valence electrons. The molecular weight excluding hydrogens is 274 g/mol. The Morgan fingerprint density at radius 1 is 1.19 bits per heavy atom. The summed E-state index contributed by atoms with van der Waals surface area (Å²) in [6.07, 6.45) is 0.119. The number of nitrogens with one attached hydrogen (secondary N) is 1. The van der Waals surface area contributed by atoms with Gasteiger partial charge in [-0.25, -0.2) is 15.3 Å². The third-order valence-corrected chi connectivity index (χ3v) is 2.80. The fraction of sp³-hybridized carbons (Fsp3) is 0.0714. The number of anilines is 1. The summed E-state index contributed by atoms with van der Waals surface area (Å²) in [7, 11) is 0. The molecule has 0 saturated heterocycles.